The minimum absolute atomic E-state index is 0.136. The van der Waals surface area contributed by atoms with Crippen LogP contribution in [0.2, 0.25) is 0 Å². The monoisotopic (exact) mass is 379 g/mol. The van der Waals surface area contributed by atoms with Crippen LogP contribution in [0.1, 0.15) is 5.56 Å². The summed E-state index contributed by atoms with van der Waals surface area (Å²) in [7, 11) is 1.59. The van der Waals surface area contributed by atoms with Gasteiger partial charge < -0.3 is 15.2 Å². The number of para-hydroxylation sites is 2. The Morgan fingerprint density at radius 2 is 2.09 bits per heavy atom. The summed E-state index contributed by atoms with van der Waals surface area (Å²) >= 11 is 8.49. The second-order valence-electron chi connectivity index (χ2n) is 4.23. The lowest BCUT2D eigenvalue weighted by Gasteiger charge is -2.10. The van der Waals surface area contributed by atoms with Gasteiger partial charge in [0.25, 0.3) is 0 Å². The van der Waals surface area contributed by atoms with Crippen LogP contribution in [0.4, 0.5) is 5.69 Å². The summed E-state index contributed by atoms with van der Waals surface area (Å²) in [6, 6.07) is 12.5. The zero-order valence-electron chi connectivity index (χ0n) is 11.7. The number of halogens is 1. The molecule has 0 heterocycles. The fourth-order valence-corrected chi connectivity index (χ4v) is 2.23. The Bertz CT molecular complexity index is 707. The van der Waals surface area contributed by atoms with E-state index in [9.17, 15) is 5.11 Å². The molecule has 0 bridgehead atoms. The van der Waals surface area contributed by atoms with Gasteiger partial charge in [-0.3, -0.25) is 5.43 Å². The van der Waals surface area contributed by atoms with E-state index in [0.717, 1.165) is 10.2 Å². The first-order valence-electron chi connectivity index (χ1n) is 6.31. The molecule has 2 rings (SSSR count). The van der Waals surface area contributed by atoms with Gasteiger partial charge in [-0.25, -0.2) is 0 Å². The number of nitrogens with one attached hydrogen (secondary N) is 2. The molecule has 0 aliphatic heterocycles. The quantitative estimate of drug-likeness (QED) is 0.431. The summed E-state index contributed by atoms with van der Waals surface area (Å²) in [6.07, 6.45) is 1.48. The van der Waals surface area contributed by atoms with Gasteiger partial charge in [0, 0.05) is 10.0 Å². The Hall–Kier alpha value is -2.12. The van der Waals surface area contributed by atoms with Crippen LogP contribution < -0.4 is 15.5 Å². The van der Waals surface area contributed by atoms with E-state index < -0.39 is 0 Å². The van der Waals surface area contributed by atoms with Crippen molar-refractivity contribution in [3.63, 3.8) is 0 Å². The molecule has 0 aliphatic rings. The number of ether oxygens (including phenoxy) is 1. The Labute approximate surface area is 142 Å². The zero-order chi connectivity index (χ0) is 15.9. The molecule has 0 unspecified atom stereocenters. The number of methoxy groups -OCH3 is 1. The molecule has 2 aromatic rings. The number of phenolic OH excluding ortho intramolecular Hbond substituents is 1. The van der Waals surface area contributed by atoms with E-state index in [1.165, 1.54) is 6.21 Å². The second kappa shape index (κ2) is 7.77. The van der Waals surface area contributed by atoms with Crippen molar-refractivity contribution in [3.05, 3.63) is 52.5 Å². The van der Waals surface area contributed by atoms with Crippen molar-refractivity contribution in [1.82, 2.24) is 5.43 Å². The SMILES string of the molecule is COc1ccccc1NC(=S)N/N=C/c1cc(Br)ccc1O. The van der Waals surface area contributed by atoms with Crippen LogP contribution in [0.15, 0.2) is 52.0 Å². The normalized spacial score (nSPS) is 10.5. The number of aromatic hydroxyl groups is 1. The maximum atomic E-state index is 9.70. The van der Waals surface area contributed by atoms with E-state index in [1.807, 2.05) is 24.3 Å². The summed E-state index contributed by atoms with van der Waals surface area (Å²) in [6.45, 7) is 0. The molecule has 0 spiro atoms. The lowest BCUT2D eigenvalue weighted by molar-refractivity contribution is 0.417. The fraction of sp³-hybridized carbons (Fsp3) is 0.0667. The number of thiocarbonyl (C=S) groups is 1. The number of hydrazone groups is 1. The first kappa shape index (κ1) is 16.3. The highest BCUT2D eigenvalue weighted by atomic mass is 79.9. The van der Waals surface area contributed by atoms with E-state index in [-0.39, 0.29) is 5.75 Å². The molecule has 0 amide bonds. The maximum absolute atomic E-state index is 9.70. The topological polar surface area (TPSA) is 65.9 Å². The lowest BCUT2D eigenvalue weighted by atomic mass is 10.2. The van der Waals surface area contributed by atoms with Crippen molar-refractivity contribution in [3.8, 4) is 11.5 Å². The molecule has 5 nitrogen and oxygen atoms in total. The van der Waals surface area contributed by atoms with E-state index in [0.29, 0.717) is 16.4 Å². The molecule has 0 saturated carbocycles. The number of hydrogen-bond acceptors (Lipinski definition) is 4. The van der Waals surface area contributed by atoms with Crippen LogP contribution in [-0.4, -0.2) is 23.5 Å². The zero-order valence-corrected chi connectivity index (χ0v) is 14.1. The van der Waals surface area contributed by atoms with Crippen molar-refractivity contribution in [2.45, 2.75) is 0 Å². The average Bonchev–Trinajstić information content (AvgIpc) is 2.51. The van der Waals surface area contributed by atoms with Gasteiger partial charge in [-0.05, 0) is 42.5 Å². The van der Waals surface area contributed by atoms with Crippen LogP contribution in [0.3, 0.4) is 0 Å². The van der Waals surface area contributed by atoms with Crippen molar-refractivity contribution in [2.75, 3.05) is 12.4 Å². The van der Waals surface area contributed by atoms with Crippen molar-refractivity contribution in [2.24, 2.45) is 5.10 Å². The Kier molecular flexibility index (Phi) is 5.74. The van der Waals surface area contributed by atoms with Crippen LogP contribution in [0, 0.1) is 0 Å². The van der Waals surface area contributed by atoms with Gasteiger partial charge >= 0.3 is 0 Å². The fourth-order valence-electron chi connectivity index (χ4n) is 1.69. The molecule has 0 fully saturated rings. The molecule has 0 aliphatic carbocycles. The lowest BCUT2D eigenvalue weighted by Crippen LogP contribution is -2.24. The van der Waals surface area contributed by atoms with Gasteiger partial charge in [-0.2, -0.15) is 5.10 Å². The van der Waals surface area contributed by atoms with Gasteiger partial charge in [0.2, 0.25) is 0 Å². The minimum Gasteiger partial charge on any atom is -0.507 e. The number of hydrogen-bond donors (Lipinski definition) is 3. The smallest absolute Gasteiger partial charge is 0.191 e. The summed E-state index contributed by atoms with van der Waals surface area (Å²) in [5.74, 6) is 0.817. The Morgan fingerprint density at radius 1 is 1.32 bits per heavy atom. The van der Waals surface area contributed by atoms with Crippen LogP contribution >= 0.6 is 28.1 Å². The van der Waals surface area contributed by atoms with Gasteiger partial charge in [-0.1, -0.05) is 28.1 Å². The molecule has 0 radical (unpaired) electrons. The highest BCUT2D eigenvalue weighted by Gasteiger charge is 2.03. The van der Waals surface area contributed by atoms with Crippen molar-refractivity contribution < 1.29 is 9.84 Å². The maximum Gasteiger partial charge on any atom is 0.191 e. The molecule has 0 saturated heterocycles. The minimum atomic E-state index is 0.136. The van der Waals surface area contributed by atoms with E-state index >= 15 is 0 Å². The molecule has 2 aromatic carbocycles. The van der Waals surface area contributed by atoms with E-state index in [2.05, 4.69) is 31.8 Å². The van der Waals surface area contributed by atoms with E-state index in [1.54, 1.807) is 25.3 Å². The largest absolute Gasteiger partial charge is 0.507 e. The molecular weight excluding hydrogens is 366 g/mol. The predicted octanol–water partition coefficient (Wildman–Crippen LogP) is 3.48. The van der Waals surface area contributed by atoms with Gasteiger partial charge in [0.15, 0.2) is 5.11 Å². The van der Waals surface area contributed by atoms with Crippen molar-refractivity contribution in [1.29, 1.82) is 0 Å². The van der Waals surface area contributed by atoms with Gasteiger partial charge in [0.1, 0.15) is 11.5 Å². The number of phenols is 1. The van der Waals surface area contributed by atoms with Crippen LogP contribution in [0.5, 0.6) is 11.5 Å². The summed E-state index contributed by atoms with van der Waals surface area (Å²) in [5.41, 5.74) is 4.00. The molecule has 7 heteroatoms. The first-order valence-corrected chi connectivity index (χ1v) is 7.52. The van der Waals surface area contributed by atoms with Crippen LogP contribution in [-0.2, 0) is 0 Å². The predicted molar refractivity (Wildman–Crippen MR) is 95.8 cm³/mol. The molecule has 22 heavy (non-hydrogen) atoms. The second-order valence-corrected chi connectivity index (χ2v) is 5.55. The Morgan fingerprint density at radius 3 is 2.86 bits per heavy atom. The third-order valence-corrected chi connectivity index (χ3v) is 3.40. The summed E-state index contributed by atoms with van der Waals surface area (Å²) in [5, 5.41) is 17.0. The average molecular weight is 380 g/mol. The Balaban J connectivity index is 1.98. The van der Waals surface area contributed by atoms with Crippen LogP contribution in [0.25, 0.3) is 0 Å². The van der Waals surface area contributed by atoms with Gasteiger partial charge in [-0.15, -0.1) is 0 Å². The van der Waals surface area contributed by atoms with Gasteiger partial charge in [0.05, 0.1) is 19.0 Å². The first-order chi connectivity index (χ1) is 10.6. The molecule has 114 valence electrons. The third-order valence-electron chi connectivity index (χ3n) is 2.71. The van der Waals surface area contributed by atoms with Crippen molar-refractivity contribution >= 4 is 45.2 Å². The number of rotatable bonds is 4. The molecular formula is C15H14BrN3O2S. The summed E-state index contributed by atoms with van der Waals surface area (Å²) < 4.78 is 6.07. The number of anilines is 1. The molecule has 0 atom stereocenters. The molecule has 3 N–H and O–H groups in total. The highest BCUT2D eigenvalue weighted by molar-refractivity contribution is 9.10. The summed E-state index contributed by atoms with van der Waals surface area (Å²) in [4.78, 5) is 0. The number of nitrogens with zero attached hydrogens (tertiary/aromatic N) is 1. The third kappa shape index (κ3) is 4.44. The standard InChI is InChI=1S/C15H14BrN3O2S/c1-21-14-5-3-2-4-12(14)18-15(22)19-17-9-10-8-11(16)6-7-13(10)20/h2-9,20H,1H3,(H2,18,19,22)/b17-9+. The molecule has 0 aromatic heterocycles. The van der Waals surface area contributed by atoms with E-state index in [4.69, 9.17) is 17.0 Å². The highest BCUT2D eigenvalue weighted by Crippen LogP contribution is 2.23. The number of benzene rings is 2.